The lowest BCUT2D eigenvalue weighted by molar-refractivity contribution is -0.156. The van der Waals surface area contributed by atoms with E-state index in [2.05, 4.69) is 25.6 Å². The van der Waals surface area contributed by atoms with Gasteiger partial charge in [-0.1, -0.05) is 5.16 Å². The van der Waals surface area contributed by atoms with Gasteiger partial charge in [0, 0.05) is 11.1 Å². The number of halogens is 2. The van der Waals surface area contributed by atoms with Crippen LogP contribution in [0.2, 0.25) is 0 Å². The standard InChI is InChI=1S/C16H18Cl2N6O10S3/c17-3-9(25)22-16-20-8(7-36-16)6-33-19-5-11(27)21-13-14(29)24(37(30,31)32)15(13)35-2-1-12(28)34-23-10(26)4-18/h5,7,13,15H,1-4,6H2,(H,21,27)(H,23,26)(H,20,22,25)(H,30,31,32)/t13-,15+/m1/s1. The van der Waals surface area contributed by atoms with Gasteiger partial charge in [-0.2, -0.15) is 18.2 Å². The molecule has 4 N–H and O–H groups in total. The Kier molecular flexibility index (Phi) is 11.8. The maximum atomic E-state index is 12.2. The van der Waals surface area contributed by atoms with E-state index >= 15 is 0 Å². The largest absolute Gasteiger partial charge is 0.389 e. The monoisotopic (exact) mass is 620 g/mol. The van der Waals surface area contributed by atoms with Crippen LogP contribution in [0.3, 0.4) is 0 Å². The van der Waals surface area contributed by atoms with Crippen molar-refractivity contribution in [2.45, 2.75) is 24.4 Å². The number of carbonyl (C=O) groups is 5. The molecule has 21 heteroatoms. The molecule has 1 saturated heterocycles. The minimum atomic E-state index is -4.94. The second-order valence-electron chi connectivity index (χ2n) is 6.58. The number of nitrogens with zero attached hydrogens (tertiary/aromatic N) is 3. The third-order valence-electron chi connectivity index (χ3n) is 3.92. The van der Waals surface area contributed by atoms with Crippen LogP contribution in [0.25, 0.3) is 0 Å². The van der Waals surface area contributed by atoms with E-state index in [-0.39, 0.29) is 34.1 Å². The van der Waals surface area contributed by atoms with Crippen LogP contribution in [0, 0.1) is 0 Å². The van der Waals surface area contributed by atoms with Gasteiger partial charge in [0.2, 0.25) is 5.91 Å². The zero-order valence-electron chi connectivity index (χ0n) is 18.3. The lowest BCUT2D eigenvalue weighted by Crippen LogP contribution is -2.70. The van der Waals surface area contributed by atoms with Crippen LogP contribution in [-0.2, 0) is 50.6 Å². The maximum absolute atomic E-state index is 12.2. The highest BCUT2D eigenvalue weighted by atomic mass is 35.5. The first kappa shape index (κ1) is 30.5. The maximum Gasteiger partial charge on any atom is 0.363 e. The molecular weight excluding hydrogens is 603 g/mol. The van der Waals surface area contributed by atoms with Crippen LogP contribution < -0.4 is 16.1 Å². The molecule has 0 unspecified atom stereocenters. The van der Waals surface area contributed by atoms with Crippen molar-refractivity contribution in [1.29, 1.82) is 0 Å². The molecule has 4 amide bonds. The van der Waals surface area contributed by atoms with Gasteiger partial charge in [0.1, 0.15) is 29.4 Å². The first-order valence-electron chi connectivity index (χ1n) is 9.69. The van der Waals surface area contributed by atoms with Crippen LogP contribution >= 0.6 is 46.3 Å². The number of carbonyl (C=O) groups excluding carboxylic acids is 5. The third kappa shape index (κ3) is 9.59. The van der Waals surface area contributed by atoms with Crippen molar-refractivity contribution in [3.8, 4) is 0 Å². The van der Waals surface area contributed by atoms with Crippen molar-refractivity contribution in [3.63, 3.8) is 0 Å². The average molecular weight is 621 g/mol. The van der Waals surface area contributed by atoms with Gasteiger partial charge in [-0.05, 0) is 0 Å². The summed E-state index contributed by atoms with van der Waals surface area (Å²) in [5.41, 5.74) is 2.17. The number of thiazole rings is 1. The molecule has 2 atom stereocenters. The first-order valence-corrected chi connectivity index (χ1v) is 14.1. The molecule has 2 rings (SSSR count). The van der Waals surface area contributed by atoms with E-state index < -0.39 is 57.2 Å². The fourth-order valence-corrected chi connectivity index (χ4v) is 5.61. The molecule has 1 aliphatic rings. The third-order valence-corrected chi connectivity index (χ3v) is 7.51. The minimum absolute atomic E-state index is 0.107. The summed E-state index contributed by atoms with van der Waals surface area (Å²) in [5, 5.41) is 8.67. The Hall–Kier alpha value is -2.71. The normalized spacial score (nSPS) is 17.2. The molecule has 0 aromatic carbocycles. The second-order valence-corrected chi connectivity index (χ2v) is 10.5. The number of hydrogen-bond acceptors (Lipinski definition) is 13. The van der Waals surface area contributed by atoms with E-state index in [0.29, 0.717) is 11.9 Å². The lowest BCUT2D eigenvalue weighted by Gasteiger charge is -2.43. The van der Waals surface area contributed by atoms with Crippen molar-refractivity contribution in [3.05, 3.63) is 11.1 Å². The van der Waals surface area contributed by atoms with Crippen molar-refractivity contribution in [2.24, 2.45) is 5.16 Å². The van der Waals surface area contributed by atoms with Crippen LogP contribution in [0.1, 0.15) is 12.1 Å². The van der Waals surface area contributed by atoms with Gasteiger partial charge in [-0.25, -0.2) is 9.78 Å². The highest BCUT2D eigenvalue weighted by Crippen LogP contribution is 2.32. The Labute approximate surface area is 227 Å². The number of aromatic nitrogens is 1. The van der Waals surface area contributed by atoms with E-state index in [1.807, 2.05) is 0 Å². The van der Waals surface area contributed by atoms with Gasteiger partial charge in [0.15, 0.2) is 11.7 Å². The first-order chi connectivity index (χ1) is 17.5. The SMILES string of the molecule is O=C(C=NOCc1csc(NC(=O)CCl)n1)N[C@@H]1C(=O)N(S(=O)(=O)O)[C@H]1SCCC(=O)ONC(=O)CCl. The molecule has 0 spiro atoms. The molecule has 0 saturated carbocycles. The average Bonchev–Trinajstić information content (AvgIpc) is 3.28. The Bertz CT molecular complexity index is 1160. The predicted octanol–water partition coefficient (Wildman–Crippen LogP) is -0.785. The van der Waals surface area contributed by atoms with Crippen LogP contribution in [0.15, 0.2) is 10.5 Å². The van der Waals surface area contributed by atoms with Crippen molar-refractivity contribution < 1.29 is 46.6 Å². The molecule has 16 nitrogen and oxygen atoms in total. The molecule has 0 bridgehead atoms. The highest BCUT2D eigenvalue weighted by Gasteiger charge is 2.54. The van der Waals surface area contributed by atoms with Gasteiger partial charge in [-0.15, -0.1) is 46.3 Å². The second kappa shape index (κ2) is 14.3. The number of hydrogen-bond donors (Lipinski definition) is 4. The van der Waals surface area contributed by atoms with Crippen molar-refractivity contribution in [2.75, 3.05) is 22.8 Å². The van der Waals surface area contributed by atoms with Gasteiger partial charge in [0.25, 0.3) is 17.7 Å². The topological polar surface area (TPSA) is 223 Å². The summed E-state index contributed by atoms with van der Waals surface area (Å²) in [5.74, 6) is -4.90. The van der Waals surface area contributed by atoms with Crippen LogP contribution in [0.5, 0.6) is 0 Å². The quantitative estimate of drug-likeness (QED) is 0.0700. The predicted molar refractivity (Wildman–Crippen MR) is 131 cm³/mol. The van der Waals surface area contributed by atoms with Crippen molar-refractivity contribution >= 4 is 97.5 Å². The lowest BCUT2D eigenvalue weighted by atomic mass is 10.1. The molecule has 1 aliphatic heterocycles. The fourth-order valence-electron chi connectivity index (χ4n) is 2.40. The summed E-state index contributed by atoms with van der Waals surface area (Å²) >= 11 is 12.5. The summed E-state index contributed by atoms with van der Waals surface area (Å²) in [4.78, 5) is 71.4. The van der Waals surface area contributed by atoms with E-state index in [4.69, 9.17) is 28.0 Å². The van der Waals surface area contributed by atoms with Gasteiger partial charge in [-0.3, -0.25) is 23.7 Å². The molecule has 0 radical (unpaired) electrons. The van der Waals surface area contributed by atoms with Gasteiger partial charge < -0.3 is 20.3 Å². The number of β-lactam (4-membered cyclic amide) rings is 1. The number of oxime groups is 1. The number of amides is 4. The van der Waals surface area contributed by atoms with Crippen LogP contribution in [-0.4, -0.2) is 87.0 Å². The van der Waals surface area contributed by atoms with Crippen LogP contribution in [0.4, 0.5) is 5.13 Å². The minimum Gasteiger partial charge on any atom is -0.389 e. The molecule has 37 heavy (non-hydrogen) atoms. The molecule has 1 fully saturated rings. The molecule has 1 aromatic heterocycles. The van der Waals surface area contributed by atoms with E-state index in [1.165, 1.54) is 0 Å². The summed E-state index contributed by atoms with van der Waals surface area (Å²) in [7, 11) is -4.94. The zero-order valence-corrected chi connectivity index (χ0v) is 22.3. The Balaban J connectivity index is 1.85. The Morgan fingerprint density at radius 2 is 1.97 bits per heavy atom. The molecular formula is C16H18Cl2N6O10S3. The number of hydroxylamine groups is 1. The number of rotatable bonds is 13. The molecule has 204 valence electrons. The Morgan fingerprint density at radius 3 is 2.62 bits per heavy atom. The Morgan fingerprint density at radius 1 is 1.27 bits per heavy atom. The summed E-state index contributed by atoms with van der Waals surface area (Å²) in [6.45, 7) is -0.157. The zero-order chi connectivity index (χ0) is 27.6. The number of thioether (sulfide) groups is 1. The summed E-state index contributed by atoms with van der Waals surface area (Å²) in [6.07, 6.45) is 0.367. The highest BCUT2D eigenvalue weighted by molar-refractivity contribution is 8.00. The molecule has 1 aromatic rings. The van der Waals surface area contributed by atoms with Gasteiger partial charge in [0.05, 0.1) is 12.1 Å². The number of nitrogens with one attached hydrogen (secondary N) is 3. The summed E-state index contributed by atoms with van der Waals surface area (Å²) < 4.78 is 32.4. The smallest absolute Gasteiger partial charge is 0.363 e. The number of alkyl halides is 2. The van der Waals surface area contributed by atoms with E-state index in [1.54, 1.807) is 10.9 Å². The number of anilines is 1. The van der Waals surface area contributed by atoms with Crippen molar-refractivity contribution in [1.82, 2.24) is 20.1 Å². The molecule has 0 aliphatic carbocycles. The summed E-state index contributed by atoms with van der Waals surface area (Å²) in [6, 6.07) is -1.37. The molecule has 2 heterocycles. The van der Waals surface area contributed by atoms with E-state index in [0.717, 1.165) is 23.1 Å². The van der Waals surface area contributed by atoms with Gasteiger partial charge >= 0.3 is 16.3 Å². The fraction of sp³-hybridized carbons (Fsp3) is 0.438. The van der Waals surface area contributed by atoms with E-state index in [9.17, 15) is 36.9 Å².